The summed E-state index contributed by atoms with van der Waals surface area (Å²) in [7, 11) is 0. The van der Waals surface area contributed by atoms with Gasteiger partial charge in [0.25, 0.3) is 0 Å². The maximum atomic E-state index is 11.7. The number of rotatable bonds is 5. The molecule has 1 aromatic rings. The number of Topliss-reactive ketones (excluding diaryl/α,β-unsaturated/α-hetero) is 1. The summed E-state index contributed by atoms with van der Waals surface area (Å²) in [5.41, 5.74) is 2.30. The van der Waals surface area contributed by atoms with Crippen molar-refractivity contribution in [3.05, 3.63) is 93.5 Å². The minimum absolute atomic E-state index is 0. The first kappa shape index (κ1) is 20.3. The van der Waals surface area contributed by atoms with Crippen LogP contribution in [0.4, 0.5) is 5.69 Å². The van der Waals surface area contributed by atoms with E-state index in [-0.39, 0.29) is 22.9 Å². The molecule has 118 valence electrons. The fourth-order valence-electron chi connectivity index (χ4n) is 2.02. The van der Waals surface area contributed by atoms with Crippen LogP contribution in [0.3, 0.4) is 0 Å². The first-order valence-corrected chi connectivity index (χ1v) is 7.48. The summed E-state index contributed by atoms with van der Waals surface area (Å²) in [5.74, 6) is 0.991. The summed E-state index contributed by atoms with van der Waals surface area (Å²) in [6, 6.07) is 8.17. The molecule has 0 amide bonds. The molecule has 0 spiro atoms. The van der Waals surface area contributed by atoms with E-state index in [1.54, 1.807) is 0 Å². The second kappa shape index (κ2) is 11.7. The minimum atomic E-state index is 0. The van der Waals surface area contributed by atoms with Gasteiger partial charge in [0.1, 0.15) is 5.78 Å². The SMILES string of the molecule is Cc1ccc(NCCC(=O)[C]2[CH][CH][CH][CH]2)cc1.[CH]1[CH][CH][CH][CH]1.[Fe+2]. The Kier molecular flexibility index (Phi) is 10.3. The van der Waals surface area contributed by atoms with Gasteiger partial charge in [0.15, 0.2) is 0 Å². The molecule has 1 N–H and O–H groups in total. The van der Waals surface area contributed by atoms with E-state index >= 15 is 0 Å². The van der Waals surface area contributed by atoms with Crippen molar-refractivity contribution in [2.75, 3.05) is 11.9 Å². The summed E-state index contributed by atoms with van der Waals surface area (Å²) < 4.78 is 0. The summed E-state index contributed by atoms with van der Waals surface area (Å²) in [6.07, 6.45) is 18.0. The Morgan fingerprint density at radius 1 is 0.870 bits per heavy atom. The zero-order valence-electron chi connectivity index (χ0n) is 13.2. The second-order valence-corrected chi connectivity index (χ2v) is 5.10. The Balaban J connectivity index is 0.000000377. The quantitative estimate of drug-likeness (QED) is 0.821. The Morgan fingerprint density at radius 3 is 1.91 bits per heavy atom. The van der Waals surface area contributed by atoms with Crippen LogP contribution in [0.5, 0.6) is 0 Å². The van der Waals surface area contributed by atoms with Crippen molar-refractivity contribution in [1.82, 2.24) is 0 Å². The molecular formula is C20H21FeNO+2. The first-order chi connectivity index (χ1) is 10.8. The van der Waals surface area contributed by atoms with Crippen LogP contribution in [0.25, 0.3) is 0 Å². The number of benzene rings is 1. The Labute approximate surface area is 152 Å². The monoisotopic (exact) mass is 347 g/mol. The maximum absolute atomic E-state index is 11.7. The standard InChI is InChI=1S/C15H16NO.C5H5.Fe/c1-12-6-8-14(9-7-12)16-11-10-15(17)13-4-2-3-5-13;1-2-4-5-3-1;/h2-9,16H,10-11H2,1H3;1-5H;/q;;+2. The Bertz CT molecular complexity index is 426. The molecule has 2 fully saturated rings. The molecular weight excluding hydrogens is 326 g/mol. The van der Waals surface area contributed by atoms with Gasteiger partial charge in [0.2, 0.25) is 0 Å². The molecule has 1 aromatic carbocycles. The van der Waals surface area contributed by atoms with Crippen LogP contribution in [-0.2, 0) is 21.9 Å². The molecule has 2 nitrogen and oxygen atoms in total. The predicted octanol–water partition coefficient (Wildman–Crippen LogP) is 3.79. The van der Waals surface area contributed by atoms with Crippen LogP contribution in [0, 0.1) is 70.6 Å². The van der Waals surface area contributed by atoms with E-state index in [0.717, 1.165) is 11.6 Å². The molecule has 3 rings (SSSR count). The number of anilines is 1. The molecule has 0 saturated heterocycles. The number of hydrogen-bond acceptors (Lipinski definition) is 2. The van der Waals surface area contributed by atoms with Crippen LogP contribution < -0.4 is 5.32 Å². The van der Waals surface area contributed by atoms with Crippen LogP contribution in [0.15, 0.2) is 24.3 Å². The number of ketones is 1. The third-order valence-electron chi connectivity index (χ3n) is 3.27. The topological polar surface area (TPSA) is 29.1 Å². The van der Waals surface area contributed by atoms with Crippen molar-refractivity contribution in [1.29, 1.82) is 0 Å². The van der Waals surface area contributed by atoms with Gasteiger partial charge in [-0.1, -0.05) is 17.7 Å². The van der Waals surface area contributed by atoms with Crippen molar-refractivity contribution >= 4 is 11.5 Å². The van der Waals surface area contributed by atoms with Gasteiger partial charge in [-0.05, 0) is 76.8 Å². The fraction of sp³-hybridized carbons (Fsp3) is 0.150. The molecule has 3 heteroatoms. The fourth-order valence-corrected chi connectivity index (χ4v) is 2.02. The summed E-state index contributed by atoms with van der Waals surface area (Å²) in [4.78, 5) is 11.7. The first-order valence-electron chi connectivity index (χ1n) is 7.48. The molecule has 2 saturated carbocycles. The summed E-state index contributed by atoms with van der Waals surface area (Å²) in [6.45, 7) is 2.73. The average molecular weight is 347 g/mol. The van der Waals surface area contributed by atoms with E-state index in [1.807, 2.05) is 69.9 Å². The van der Waals surface area contributed by atoms with E-state index in [1.165, 1.54) is 5.56 Å². The van der Waals surface area contributed by atoms with Gasteiger partial charge in [-0.3, -0.25) is 4.79 Å². The van der Waals surface area contributed by atoms with Gasteiger partial charge in [0, 0.05) is 24.6 Å². The van der Waals surface area contributed by atoms with Crippen molar-refractivity contribution in [3.8, 4) is 0 Å². The number of carbonyl (C=O) groups excluding carboxylic acids is 1. The van der Waals surface area contributed by atoms with Crippen molar-refractivity contribution in [2.45, 2.75) is 13.3 Å². The van der Waals surface area contributed by atoms with E-state index in [2.05, 4.69) is 24.4 Å². The third-order valence-corrected chi connectivity index (χ3v) is 3.27. The molecule has 23 heavy (non-hydrogen) atoms. The van der Waals surface area contributed by atoms with Gasteiger partial charge in [-0.2, -0.15) is 0 Å². The normalized spacial score (nSPS) is 17.1. The minimum Gasteiger partial charge on any atom is -0.385 e. The number of aryl methyl sites for hydroxylation is 1. The van der Waals surface area contributed by atoms with Crippen molar-refractivity contribution < 1.29 is 21.9 Å². The number of nitrogens with one attached hydrogen (secondary N) is 1. The van der Waals surface area contributed by atoms with Gasteiger partial charge in [-0.25, -0.2) is 0 Å². The molecule has 0 bridgehead atoms. The van der Waals surface area contributed by atoms with E-state index in [4.69, 9.17) is 0 Å². The molecule has 0 atom stereocenters. The van der Waals surface area contributed by atoms with E-state index < -0.39 is 0 Å². The average Bonchev–Trinajstić information content (AvgIpc) is 3.25. The molecule has 0 unspecified atom stereocenters. The molecule has 2 aliphatic carbocycles. The summed E-state index contributed by atoms with van der Waals surface area (Å²) >= 11 is 0. The van der Waals surface area contributed by atoms with Gasteiger partial charge < -0.3 is 5.32 Å². The molecule has 0 aliphatic heterocycles. The molecule has 10 radical (unpaired) electrons. The molecule has 2 aliphatic rings. The van der Waals surface area contributed by atoms with E-state index in [0.29, 0.717) is 13.0 Å². The van der Waals surface area contributed by atoms with Crippen LogP contribution in [-0.4, -0.2) is 12.3 Å². The van der Waals surface area contributed by atoms with E-state index in [9.17, 15) is 4.79 Å². The zero-order chi connectivity index (χ0) is 15.6. The van der Waals surface area contributed by atoms with Crippen molar-refractivity contribution in [3.63, 3.8) is 0 Å². The predicted molar refractivity (Wildman–Crippen MR) is 91.2 cm³/mol. The van der Waals surface area contributed by atoms with Crippen molar-refractivity contribution in [2.24, 2.45) is 0 Å². The van der Waals surface area contributed by atoms with Crippen LogP contribution >= 0.6 is 0 Å². The Hall–Kier alpha value is -0.791. The Morgan fingerprint density at radius 2 is 1.39 bits per heavy atom. The number of hydrogen-bond donors (Lipinski definition) is 1. The zero-order valence-corrected chi connectivity index (χ0v) is 14.3. The molecule has 0 aromatic heterocycles. The second-order valence-electron chi connectivity index (χ2n) is 5.10. The van der Waals surface area contributed by atoms with Crippen LogP contribution in [0.1, 0.15) is 12.0 Å². The smallest absolute Gasteiger partial charge is 0.385 e. The largest absolute Gasteiger partial charge is 2.00 e. The number of carbonyl (C=O) groups is 1. The molecule has 0 heterocycles. The van der Waals surface area contributed by atoms with Gasteiger partial charge in [0.05, 0.1) is 0 Å². The van der Waals surface area contributed by atoms with Gasteiger partial charge in [-0.15, -0.1) is 0 Å². The maximum Gasteiger partial charge on any atom is 2.00 e. The van der Waals surface area contributed by atoms with Crippen LogP contribution in [0.2, 0.25) is 0 Å². The third kappa shape index (κ3) is 8.04. The summed E-state index contributed by atoms with van der Waals surface area (Å²) in [5, 5.41) is 3.24. The van der Waals surface area contributed by atoms with Gasteiger partial charge >= 0.3 is 17.1 Å².